The Morgan fingerprint density at radius 1 is 0.750 bits per heavy atom. The number of rotatable bonds is 12. The molecule has 0 saturated carbocycles. The van der Waals surface area contributed by atoms with Gasteiger partial charge in [0.2, 0.25) is 0 Å². The minimum absolute atomic E-state index is 0.812. The van der Waals surface area contributed by atoms with Crippen LogP contribution in [-0.4, -0.2) is 40.3 Å². The smallest absolute Gasteiger partial charge is 0.00210 e. The summed E-state index contributed by atoms with van der Waals surface area (Å²) in [5.41, 5.74) is 0. The van der Waals surface area contributed by atoms with Gasteiger partial charge in [-0.15, -0.1) is 0 Å². The van der Waals surface area contributed by atoms with E-state index in [-0.39, 0.29) is 0 Å². The van der Waals surface area contributed by atoms with Gasteiger partial charge in [-0.3, -0.25) is 0 Å². The molecule has 0 saturated heterocycles. The first-order chi connectivity index (χ1) is 7.85. The molecule has 5 heteroatoms. The monoisotopic (exact) mass is 316 g/mol. The highest BCUT2D eigenvalue weighted by Gasteiger charge is 2.06. The Bertz CT molecular complexity index is 132. The molecule has 0 nitrogen and oxygen atoms in total. The van der Waals surface area contributed by atoms with Crippen molar-refractivity contribution in [3.8, 4) is 0 Å². The third-order valence-electron chi connectivity index (χ3n) is 2.30. The van der Waals surface area contributed by atoms with E-state index >= 15 is 0 Å². The lowest BCUT2D eigenvalue weighted by atomic mass is 10.0. The van der Waals surface area contributed by atoms with Crippen molar-refractivity contribution in [2.45, 2.75) is 19.3 Å². The number of hydrogen-bond donors (Lipinski definition) is 3. The molecule has 0 aliphatic rings. The van der Waals surface area contributed by atoms with Crippen molar-refractivity contribution in [3.63, 3.8) is 0 Å². The molecule has 0 aromatic carbocycles. The van der Waals surface area contributed by atoms with Crippen LogP contribution in [0.4, 0.5) is 0 Å². The van der Waals surface area contributed by atoms with Crippen molar-refractivity contribution in [2.75, 3.05) is 40.3 Å². The quantitative estimate of drug-likeness (QED) is 0.367. The van der Waals surface area contributed by atoms with E-state index in [1.165, 1.54) is 42.3 Å². The topological polar surface area (TPSA) is 0 Å². The first-order valence-electron chi connectivity index (χ1n) is 5.83. The fourth-order valence-electron chi connectivity index (χ4n) is 1.38. The van der Waals surface area contributed by atoms with E-state index in [2.05, 4.69) is 37.9 Å². The molecular formula is C11H24S5. The second kappa shape index (κ2) is 14.8. The SMILES string of the molecule is SCCSCCCC(CS)CCSCCS. The van der Waals surface area contributed by atoms with Crippen LogP contribution in [0.15, 0.2) is 0 Å². The van der Waals surface area contributed by atoms with Crippen LogP contribution in [0.25, 0.3) is 0 Å². The molecule has 0 aromatic heterocycles. The number of thiol groups is 3. The van der Waals surface area contributed by atoms with Crippen molar-refractivity contribution in [1.29, 1.82) is 0 Å². The Morgan fingerprint density at radius 3 is 1.94 bits per heavy atom. The Kier molecular flexibility index (Phi) is 16.4. The predicted octanol–water partition coefficient (Wildman–Crippen LogP) is 4.03. The maximum atomic E-state index is 4.44. The van der Waals surface area contributed by atoms with Crippen LogP contribution in [0.5, 0.6) is 0 Å². The summed E-state index contributed by atoms with van der Waals surface area (Å²) in [6.45, 7) is 0. The fourth-order valence-corrected chi connectivity index (χ4v) is 4.06. The van der Waals surface area contributed by atoms with Gasteiger partial charge in [0.1, 0.15) is 0 Å². The summed E-state index contributed by atoms with van der Waals surface area (Å²) in [7, 11) is 0. The molecule has 1 unspecified atom stereocenters. The van der Waals surface area contributed by atoms with Gasteiger partial charge >= 0.3 is 0 Å². The molecule has 0 N–H and O–H groups in total. The van der Waals surface area contributed by atoms with Crippen LogP contribution in [0, 0.1) is 5.92 Å². The van der Waals surface area contributed by atoms with E-state index in [0.29, 0.717) is 0 Å². The zero-order valence-electron chi connectivity index (χ0n) is 9.81. The fraction of sp³-hybridized carbons (Fsp3) is 1.00. The summed E-state index contributed by atoms with van der Waals surface area (Å²) in [6.07, 6.45) is 3.99. The van der Waals surface area contributed by atoms with Gasteiger partial charge in [-0.25, -0.2) is 0 Å². The lowest BCUT2D eigenvalue weighted by molar-refractivity contribution is 0.525. The molecule has 16 heavy (non-hydrogen) atoms. The summed E-state index contributed by atoms with van der Waals surface area (Å²) >= 11 is 16.9. The highest BCUT2D eigenvalue weighted by Crippen LogP contribution is 2.18. The minimum atomic E-state index is 0.812. The molecular weight excluding hydrogens is 292 g/mol. The van der Waals surface area contributed by atoms with Gasteiger partial charge in [-0.1, -0.05) is 0 Å². The van der Waals surface area contributed by atoms with Gasteiger partial charge in [0, 0.05) is 11.5 Å². The van der Waals surface area contributed by atoms with Crippen LogP contribution < -0.4 is 0 Å². The summed E-state index contributed by atoms with van der Waals surface area (Å²) in [6, 6.07) is 0. The van der Waals surface area contributed by atoms with Crippen LogP contribution in [0.2, 0.25) is 0 Å². The van der Waals surface area contributed by atoms with E-state index in [1.807, 2.05) is 23.5 Å². The molecule has 0 aliphatic heterocycles. The van der Waals surface area contributed by atoms with Gasteiger partial charge in [-0.05, 0) is 53.9 Å². The largest absolute Gasteiger partial charge is 0.179 e. The number of thioether (sulfide) groups is 2. The standard InChI is InChI=1S/C11H24S5/c12-4-8-15-6-1-2-11(10-14)3-7-16-9-5-13/h11-14H,1-10H2. The van der Waals surface area contributed by atoms with Crippen molar-refractivity contribution in [1.82, 2.24) is 0 Å². The normalized spacial score (nSPS) is 12.9. The van der Waals surface area contributed by atoms with E-state index in [0.717, 1.165) is 23.2 Å². The maximum Gasteiger partial charge on any atom is 0.00210 e. The van der Waals surface area contributed by atoms with Crippen LogP contribution >= 0.6 is 61.4 Å². The van der Waals surface area contributed by atoms with Gasteiger partial charge in [0.15, 0.2) is 0 Å². The molecule has 0 amide bonds. The Labute approximate surface area is 126 Å². The van der Waals surface area contributed by atoms with E-state index in [1.54, 1.807) is 0 Å². The average molecular weight is 317 g/mol. The highest BCUT2D eigenvalue weighted by molar-refractivity contribution is 8.00. The molecule has 0 bridgehead atoms. The Hall–Kier alpha value is 1.75. The second-order valence-corrected chi connectivity index (χ2v) is 7.36. The Morgan fingerprint density at radius 2 is 1.38 bits per heavy atom. The second-order valence-electron chi connectivity index (χ2n) is 3.65. The number of hydrogen-bond acceptors (Lipinski definition) is 5. The minimum Gasteiger partial charge on any atom is -0.179 e. The first-order valence-corrected chi connectivity index (χ1v) is 10.0. The highest BCUT2D eigenvalue weighted by atomic mass is 32.2. The predicted molar refractivity (Wildman–Crippen MR) is 93.6 cm³/mol. The first kappa shape index (κ1) is 17.8. The van der Waals surface area contributed by atoms with Crippen LogP contribution in [-0.2, 0) is 0 Å². The van der Waals surface area contributed by atoms with Gasteiger partial charge < -0.3 is 0 Å². The molecule has 0 aromatic rings. The molecule has 0 heterocycles. The van der Waals surface area contributed by atoms with Crippen molar-refractivity contribution < 1.29 is 0 Å². The molecule has 0 fully saturated rings. The maximum absolute atomic E-state index is 4.44. The lowest BCUT2D eigenvalue weighted by Crippen LogP contribution is -2.05. The summed E-state index contributed by atoms with van der Waals surface area (Å²) in [5, 5.41) is 0. The van der Waals surface area contributed by atoms with Gasteiger partial charge in [0.05, 0.1) is 0 Å². The summed E-state index contributed by atoms with van der Waals surface area (Å²) in [5.74, 6) is 8.78. The third-order valence-corrected chi connectivity index (χ3v) is 5.96. The van der Waals surface area contributed by atoms with Gasteiger partial charge in [-0.2, -0.15) is 61.4 Å². The van der Waals surface area contributed by atoms with Gasteiger partial charge in [0.25, 0.3) is 0 Å². The molecule has 0 aliphatic carbocycles. The molecule has 98 valence electrons. The molecule has 0 spiro atoms. The summed E-state index contributed by atoms with van der Waals surface area (Å²) in [4.78, 5) is 0. The van der Waals surface area contributed by atoms with E-state index in [4.69, 9.17) is 0 Å². The van der Waals surface area contributed by atoms with Crippen molar-refractivity contribution in [2.24, 2.45) is 5.92 Å². The molecule has 0 radical (unpaired) electrons. The lowest BCUT2D eigenvalue weighted by Gasteiger charge is -2.13. The third kappa shape index (κ3) is 12.2. The van der Waals surface area contributed by atoms with Crippen LogP contribution in [0.3, 0.4) is 0 Å². The molecule has 0 rings (SSSR count). The zero-order valence-corrected chi connectivity index (χ0v) is 14.1. The van der Waals surface area contributed by atoms with E-state index < -0.39 is 0 Å². The summed E-state index contributed by atoms with van der Waals surface area (Å²) < 4.78 is 0. The Balaban J connectivity index is 3.29. The van der Waals surface area contributed by atoms with Crippen molar-refractivity contribution in [3.05, 3.63) is 0 Å². The van der Waals surface area contributed by atoms with E-state index in [9.17, 15) is 0 Å². The van der Waals surface area contributed by atoms with Crippen molar-refractivity contribution >= 4 is 61.4 Å². The molecule has 1 atom stereocenters. The zero-order chi connectivity index (χ0) is 12.1. The average Bonchev–Trinajstić information content (AvgIpc) is 2.31. The van der Waals surface area contributed by atoms with Crippen LogP contribution in [0.1, 0.15) is 19.3 Å².